The molecule has 1 aliphatic rings. The molecule has 2 rings (SSSR count). The standard InChI is InChI=1S/C12H15BrN2O/c13-11-4-2-10(3-5-11)9-15-7-1-6-14-8-12(15)16/h2-5,14H,1,6-9H2. The maximum atomic E-state index is 11.7. The average Bonchev–Trinajstić information content (AvgIpc) is 2.48. The molecule has 1 aliphatic heterocycles. The van der Waals surface area contributed by atoms with Crippen molar-refractivity contribution in [2.24, 2.45) is 0 Å². The van der Waals surface area contributed by atoms with Crippen LogP contribution in [0.1, 0.15) is 12.0 Å². The van der Waals surface area contributed by atoms with Crippen LogP contribution in [0.2, 0.25) is 0 Å². The zero-order valence-electron chi connectivity index (χ0n) is 9.08. The van der Waals surface area contributed by atoms with Crippen molar-refractivity contribution in [1.29, 1.82) is 0 Å². The van der Waals surface area contributed by atoms with Gasteiger partial charge in [-0.2, -0.15) is 0 Å². The Balaban J connectivity index is 2.02. The van der Waals surface area contributed by atoms with Gasteiger partial charge in [-0.1, -0.05) is 28.1 Å². The Labute approximate surface area is 104 Å². The van der Waals surface area contributed by atoms with Gasteiger partial charge in [0.05, 0.1) is 6.54 Å². The number of nitrogens with one attached hydrogen (secondary N) is 1. The average molecular weight is 283 g/mol. The molecular formula is C12H15BrN2O. The summed E-state index contributed by atoms with van der Waals surface area (Å²) >= 11 is 3.40. The van der Waals surface area contributed by atoms with E-state index in [-0.39, 0.29) is 5.91 Å². The third-order valence-electron chi connectivity index (χ3n) is 2.70. The van der Waals surface area contributed by atoms with E-state index in [4.69, 9.17) is 0 Å². The fraction of sp³-hybridized carbons (Fsp3) is 0.417. The number of amides is 1. The van der Waals surface area contributed by atoms with Gasteiger partial charge in [0.15, 0.2) is 0 Å². The molecule has 1 amide bonds. The topological polar surface area (TPSA) is 32.3 Å². The van der Waals surface area contributed by atoms with E-state index in [1.54, 1.807) is 0 Å². The van der Waals surface area contributed by atoms with Crippen LogP contribution in [-0.4, -0.2) is 30.4 Å². The number of hydrogen-bond donors (Lipinski definition) is 1. The van der Waals surface area contributed by atoms with Crippen molar-refractivity contribution in [1.82, 2.24) is 10.2 Å². The predicted molar refractivity (Wildman–Crippen MR) is 67.0 cm³/mol. The molecule has 1 aromatic carbocycles. The molecule has 1 saturated heterocycles. The van der Waals surface area contributed by atoms with Gasteiger partial charge in [-0.05, 0) is 30.7 Å². The molecule has 0 spiro atoms. The molecule has 1 aromatic rings. The summed E-state index contributed by atoms with van der Waals surface area (Å²) in [7, 11) is 0. The number of carbonyl (C=O) groups excluding carboxylic acids is 1. The molecule has 3 nitrogen and oxygen atoms in total. The van der Waals surface area contributed by atoms with Gasteiger partial charge in [-0.25, -0.2) is 0 Å². The van der Waals surface area contributed by atoms with Gasteiger partial charge in [0.25, 0.3) is 0 Å². The third-order valence-corrected chi connectivity index (χ3v) is 3.23. The molecule has 1 N–H and O–H groups in total. The first-order valence-corrected chi connectivity index (χ1v) is 6.28. The highest BCUT2D eigenvalue weighted by Crippen LogP contribution is 2.12. The van der Waals surface area contributed by atoms with Crippen LogP contribution in [0, 0.1) is 0 Å². The Hall–Kier alpha value is -0.870. The highest BCUT2D eigenvalue weighted by Gasteiger charge is 2.15. The molecule has 0 saturated carbocycles. The SMILES string of the molecule is O=C1CNCCCN1Cc1ccc(Br)cc1. The second-order valence-corrected chi connectivity index (χ2v) is 4.89. The van der Waals surface area contributed by atoms with Crippen molar-refractivity contribution >= 4 is 21.8 Å². The predicted octanol–water partition coefficient (Wildman–Crippen LogP) is 1.77. The van der Waals surface area contributed by atoms with E-state index in [1.807, 2.05) is 17.0 Å². The van der Waals surface area contributed by atoms with Gasteiger partial charge in [-0.15, -0.1) is 0 Å². The smallest absolute Gasteiger partial charge is 0.236 e. The first-order chi connectivity index (χ1) is 7.75. The van der Waals surface area contributed by atoms with Crippen molar-refractivity contribution in [2.75, 3.05) is 19.6 Å². The van der Waals surface area contributed by atoms with Crippen molar-refractivity contribution in [3.63, 3.8) is 0 Å². The van der Waals surface area contributed by atoms with Crippen LogP contribution in [0.25, 0.3) is 0 Å². The van der Waals surface area contributed by atoms with E-state index in [0.29, 0.717) is 13.1 Å². The Morgan fingerprint density at radius 3 is 2.81 bits per heavy atom. The molecule has 0 aromatic heterocycles. The van der Waals surface area contributed by atoms with Gasteiger partial charge in [0.2, 0.25) is 5.91 Å². The number of benzene rings is 1. The lowest BCUT2D eigenvalue weighted by molar-refractivity contribution is -0.130. The Morgan fingerprint density at radius 1 is 1.31 bits per heavy atom. The zero-order valence-corrected chi connectivity index (χ0v) is 10.7. The maximum absolute atomic E-state index is 11.7. The van der Waals surface area contributed by atoms with E-state index in [1.165, 1.54) is 5.56 Å². The van der Waals surface area contributed by atoms with E-state index in [0.717, 1.165) is 24.0 Å². The summed E-state index contributed by atoms with van der Waals surface area (Å²) < 4.78 is 1.07. The highest BCUT2D eigenvalue weighted by molar-refractivity contribution is 9.10. The first-order valence-electron chi connectivity index (χ1n) is 5.48. The Morgan fingerprint density at radius 2 is 2.06 bits per heavy atom. The maximum Gasteiger partial charge on any atom is 0.236 e. The summed E-state index contributed by atoms with van der Waals surface area (Å²) in [6, 6.07) is 8.12. The first kappa shape index (κ1) is 11.6. The van der Waals surface area contributed by atoms with Crippen LogP contribution in [0.4, 0.5) is 0 Å². The fourth-order valence-electron chi connectivity index (χ4n) is 1.80. The van der Waals surface area contributed by atoms with E-state index in [2.05, 4.69) is 33.4 Å². The van der Waals surface area contributed by atoms with Crippen molar-refractivity contribution < 1.29 is 4.79 Å². The summed E-state index contributed by atoms with van der Waals surface area (Å²) in [5.41, 5.74) is 1.18. The molecule has 0 bridgehead atoms. The van der Waals surface area contributed by atoms with Crippen molar-refractivity contribution in [3.8, 4) is 0 Å². The van der Waals surface area contributed by atoms with Crippen LogP contribution in [0.5, 0.6) is 0 Å². The number of hydrogen-bond acceptors (Lipinski definition) is 2. The molecule has 0 radical (unpaired) electrons. The molecule has 0 atom stereocenters. The minimum atomic E-state index is 0.195. The summed E-state index contributed by atoms with van der Waals surface area (Å²) in [6.45, 7) is 2.97. The van der Waals surface area contributed by atoms with Gasteiger partial charge >= 0.3 is 0 Å². The minimum Gasteiger partial charge on any atom is -0.337 e. The Kier molecular flexibility index (Phi) is 3.96. The van der Waals surface area contributed by atoms with Crippen LogP contribution >= 0.6 is 15.9 Å². The summed E-state index contributed by atoms with van der Waals surface area (Å²) in [4.78, 5) is 13.7. The molecule has 0 unspecified atom stereocenters. The molecule has 1 fully saturated rings. The van der Waals surface area contributed by atoms with Gasteiger partial charge < -0.3 is 10.2 Å². The molecule has 86 valence electrons. The van der Waals surface area contributed by atoms with Gasteiger partial charge in [0.1, 0.15) is 0 Å². The number of carbonyl (C=O) groups is 1. The third kappa shape index (κ3) is 3.06. The van der Waals surface area contributed by atoms with Crippen LogP contribution < -0.4 is 5.32 Å². The largest absolute Gasteiger partial charge is 0.337 e. The number of halogens is 1. The Bertz CT molecular complexity index is 364. The molecule has 16 heavy (non-hydrogen) atoms. The summed E-state index contributed by atoms with van der Waals surface area (Å²) in [5.74, 6) is 0.195. The second-order valence-electron chi connectivity index (χ2n) is 3.97. The van der Waals surface area contributed by atoms with E-state index in [9.17, 15) is 4.79 Å². The van der Waals surface area contributed by atoms with Crippen molar-refractivity contribution in [3.05, 3.63) is 34.3 Å². The molecule has 1 heterocycles. The molecular weight excluding hydrogens is 268 g/mol. The molecule has 0 aliphatic carbocycles. The zero-order chi connectivity index (χ0) is 11.4. The molecule has 4 heteroatoms. The van der Waals surface area contributed by atoms with E-state index < -0.39 is 0 Å². The lowest BCUT2D eigenvalue weighted by Gasteiger charge is -2.20. The van der Waals surface area contributed by atoms with Crippen LogP contribution in [-0.2, 0) is 11.3 Å². The lowest BCUT2D eigenvalue weighted by Crippen LogP contribution is -2.34. The fourth-order valence-corrected chi connectivity index (χ4v) is 2.07. The van der Waals surface area contributed by atoms with Gasteiger partial charge in [0, 0.05) is 17.6 Å². The lowest BCUT2D eigenvalue weighted by atomic mass is 10.2. The van der Waals surface area contributed by atoms with Crippen molar-refractivity contribution in [2.45, 2.75) is 13.0 Å². The minimum absolute atomic E-state index is 0.195. The normalized spacial score (nSPS) is 17.3. The summed E-state index contributed by atoms with van der Waals surface area (Å²) in [6.07, 6.45) is 1.03. The van der Waals surface area contributed by atoms with Crippen LogP contribution in [0.3, 0.4) is 0 Å². The number of rotatable bonds is 2. The summed E-state index contributed by atoms with van der Waals surface area (Å²) in [5, 5.41) is 3.12. The monoisotopic (exact) mass is 282 g/mol. The quantitative estimate of drug-likeness (QED) is 0.897. The van der Waals surface area contributed by atoms with Gasteiger partial charge in [-0.3, -0.25) is 4.79 Å². The number of nitrogens with zero attached hydrogens (tertiary/aromatic N) is 1. The van der Waals surface area contributed by atoms with Crippen LogP contribution in [0.15, 0.2) is 28.7 Å². The highest BCUT2D eigenvalue weighted by atomic mass is 79.9. The second kappa shape index (κ2) is 5.46. The van der Waals surface area contributed by atoms with E-state index >= 15 is 0 Å².